The van der Waals surface area contributed by atoms with Crippen LogP contribution in [0, 0.1) is 6.92 Å². The van der Waals surface area contributed by atoms with Crippen LogP contribution in [0.3, 0.4) is 0 Å². The molecule has 0 radical (unpaired) electrons. The fraction of sp³-hybridized carbons (Fsp3) is 0.118. The summed E-state index contributed by atoms with van der Waals surface area (Å²) in [4.78, 5) is 30.8. The minimum Gasteiger partial charge on any atom is -0.478 e. The van der Waals surface area contributed by atoms with Crippen molar-refractivity contribution in [3.8, 4) is 0 Å². The summed E-state index contributed by atoms with van der Waals surface area (Å²) in [5.74, 6) is -1.23. The number of rotatable bonds is 5. The van der Waals surface area contributed by atoms with Crippen molar-refractivity contribution < 1.29 is 14.7 Å². The molecule has 122 valence electrons. The number of fused-ring (bicyclic) bond motifs is 1. The number of aromatic amines is 1. The van der Waals surface area contributed by atoms with Crippen molar-refractivity contribution >= 4 is 40.4 Å². The van der Waals surface area contributed by atoms with E-state index in [9.17, 15) is 9.59 Å². The van der Waals surface area contributed by atoms with Crippen LogP contribution in [0.1, 0.15) is 15.9 Å². The number of para-hydroxylation sites is 1. The van der Waals surface area contributed by atoms with Gasteiger partial charge in [0.1, 0.15) is 0 Å². The summed E-state index contributed by atoms with van der Waals surface area (Å²) in [6.45, 7) is 2.00. The SMILES string of the molecule is Cc1ccc2nc(SCC(=O)Nc3ccccc3C(=O)O)[nH]c2c1. The Kier molecular flexibility index (Phi) is 4.52. The van der Waals surface area contributed by atoms with Crippen LogP contribution in [0.5, 0.6) is 0 Å². The Morgan fingerprint density at radius 3 is 2.83 bits per heavy atom. The number of hydrogen-bond donors (Lipinski definition) is 3. The number of anilines is 1. The molecule has 7 heteroatoms. The predicted octanol–water partition coefficient (Wildman–Crippen LogP) is 3.30. The topological polar surface area (TPSA) is 95.1 Å². The standard InChI is InChI=1S/C17H15N3O3S/c1-10-6-7-13-14(8-10)20-17(19-13)24-9-15(21)18-12-5-3-2-4-11(12)16(22)23/h2-8H,9H2,1H3,(H,18,21)(H,19,20)(H,22,23). The zero-order valence-corrected chi connectivity index (χ0v) is 13.7. The normalized spacial score (nSPS) is 10.7. The molecule has 0 aliphatic rings. The molecule has 1 amide bonds. The van der Waals surface area contributed by atoms with E-state index < -0.39 is 5.97 Å². The number of benzene rings is 2. The first-order chi connectivity index (χ1) is 11.5. The molecule has 0 saturated heterocycles. The highest BCUT2D eigenvalue weighted by Gasteiger charge is 2.12. The Labute approximate surface area is 142 Å². The van der Waals surface area contributed by atoms with Crippen LogP contribution in [0.4, 0.5) is 5.69 Å². The first kappa shape index (κ1) is 16.1. The van der Waals surface area contributed by atoms with Crippen LogP contribution in [0.25, 0.3) is 11.0 Å². The number of carboxylic acid groups (broad SMARTS) is 1. The molecule has 0 saturated carbocycles. The number of aromatic nitrogens is 2. The van der Waals surface area contributed by atoms with Gasteiger partial charge in [-0.3, -0.25) is 4.79 Å². The largest absolute Gasteiger partial charge is 0.478 e. The molecular formula is C17H15N3O3S. The molecule has 6 nitrogen and oxygen atoms in total. The Hall–Kier alpha value is -2.80. The van der Waals surface area contributed by atoms with Gasteiger partial charge in [-0.25, -0.2) is 9.78 Å². The zero-order chi connectivity index (χ0) is 17.1. The first-order valence-corrected chi connectivity index (χ1v) is 8.23. The van der Waals surface area contributed by atoms with E-state index in [2.05, 4.69) is 15.3 Å². The summed E-state index contributed by atoms with van der Waals surface area (Å²) in [6, 6.07) is 12.2. The zero-order valence-electron chi connectivity index (χ0n) is 12.9. The van der Waals surface area contributed by atoms with Crippen molar-refractivity contribution in [1.29, 1.82) is 0 Å². The van der Waals surface area contributed by atoms with E-state index in [1.807, 2.05) is 25.1 Å². The molecule has 0 bridgehead atoms. The average Bonchev–Trinajstić information content (AvgIpc) is 2.95. The van der Waals surface area contributed by atoms with Crippen LogP contribution in [-0.2, 0) is 4.79 Å². The Balaban J connectivity index is 1.66. The van der Waals surface area contributed by atoms with Crippen LogP contribution in [-0.4, -0.2) is 32.7 Å². The van der Waals surface area contributed by atoms with Gasteiger partial charge in [-0.05, 0) is 36.8 Å². The van der Waals surface area contributed by atoms with Crippen molar-refractivity contribution in [2.45, 2.75) is 12.1 Å². The molecule has 0 fully saturated rings. The number of hydrogen-bond acceptors (Lipinski definition) is 4. The average molecular weight is 341 g/mol. The van der Waals surface area contributed by atoms with E-state index in [1.54, 1.807) is 18.2 Å². The van der Waals surface area contributed by atoms with Gasteiger partial charge in [0.15, 0.2) is 5.16 Å². The molecule has 2 aromatic carbocycles. The van der Waals surface area contributed by atoms with E-state index in [1.165, 1.54) is 17.8 Å². The minimum atomic E-state index is -1.08. The maximum Gasteiger partial charge on any atom is 0.337 e. The lowest BCUT2D eigenvalue weighted by atomic mass is 10.2. The van der Waals surface area contributed by atoms with Crippen molar-refractivity contribution in [3.63, 3.8) is 0 Å². The van der Waals surface area contributed by atoms with Crippen molar-refractivity contribution in [2.75, 3.05) is 11.1 Å². The van der Waals surface area contributed by atoms with Gasteiger partial charge < -0.3 is 15.4 Å². The Morgan fingerprint density at radius 2 is 2.04 bits per heavy atom. The van der Waals surface area contributed by atoms with E-state index in [0.29, 0.717) is 5.16 Å². The van der Waals surface area contributed by atoms with Crippen LogP contribution < -0.4 is 5.32 Å². The van der Waals surface area contributed by atoms with Gasteiger partial charge in [-0.2, -0.15) is 0 Å². The van der Waals surface area contributed by atoms with E-state index in [4.69, 9.17) is 5.11 Å². The van der Waals surface area contributed by atoms with Gasteiger partial charge in [0.25, 0.3) is 0 Å². The predicted molar refractivity (Wildman–Crippen MR) is 93.6 cm³/mol. The number of nitrogens with zero attached hydrogens (tertiary/aromatic N) is 1. The second-order valence-corrected chi connectivity index (χ2v) is 6.21. The van der Waals surface area contributed by atoms with Gasteiger partial charge in [-0.1, -0.05) is 30.0 Å². The number of nitrogens with one attached hydrogen (secondary N) is 2. The molecule has 3 aromatic rings. The smallest absolute Gasteiger partial charge is 0.337 e. The van der Waals surface area contributed by atoms with E-state index in [0.717, 1.165) is 16.6 Å². The molecule has 0 unspecified atom stereocenters. The third-order valence-electron chi connectivity index (χ3n) is 3.39. The molecule has 1 aromatic heterocycles. The number of H-pyrrole nitrogens is 1. The summed E-state index contributed by atoms with van der Waals surface area (Å²) in [5, 5.41) is 12.4. The molecule has 0 aliphatic carbocycles. The fourth-order valence-electron chi connectivity index (χ4n) is 2.27. The summed E-state index contributed by atoms with van der Waals surface area (Å²) >= 11 is 1.27. The molecule has 24 heavy (non-hydrogen) atoms. The van der Waals surface area contributed by atoms with Gasteiger partial charge >= 0.3 is 5.97 Å². The number of aromatic carboxylic acids is 1. The van der Waals surface area contributed by atoms with Crippen LogP contribution >= 0.6 is 11.8 Å². The number of carboxylic acids is 1. The number of thioether (sulfide) groups is 1. The summed E-state index contributed by atoms with van der Waals surface area (Å²) in [5.41, 5.74) is 3.26. The number of carbonyl (C=O) groups is 2. The van der Waals surface area contributed by atoms with Crippen LogP contribution in [0.15, 0.2) is 47.6 Å². The molecule has 3 rings (SSSR count). The van der Waals surface area contributed by atoms with E-state index >= 15 is 0 Å². The minimum absolute atomic E-state index is 0.0649. The maximum absolute atomic E-state index is 12.1. The number of carbonyl (C=O) groups excluding carboxylic acids is 1. The highest BCUT2D eigenvalue weighted by Crippen LogP contribution is 2.21. The number of amides is 1. The first-order valence-electron chi connectivity index (χ1n) is 7.24. The molecule has 0 spiro atoms. The quantitative estimate of drug-likeness (QED) is 0.619. The molecule has 0 atom stereocenters. The third-order valence-corrected chi connectivity index (χ3v) is 4.26. The van der Waals surface area contributed by atoms with Crippen molar-refractivity contribution in [1.82, 2.24) is 9.97 Å². The Bertz CT molecular complexity index is 920. The second-order valence-electron chi connectivity index (χ2n) is 5.25. The molecular weight excluding hydrogens is 326 g/mol. The lowest BCUT2D eigenvalue weighted by molar-refractivity contribution is -0.113. The third kappa shape index (κ3) is 3.57. The van der Waals surface area contributed by atoms with Gasteiger partial charge in [0, 0.05) is 0 Å². The van der Waals surface area contributed by atoms with E-state index in [-0.39, 0.29) is 22.9 Å². The highest BCUT2D eigenvalue weighted by molar-refractivity contribution is 7.99. The summed E-state index contributed by atoms with van der Waals surface area (Å²) in [7, 11) is 0. The lowest BCUT2D eigenvalue weighted by Crippen LogP contribution is -2.16. The molecule has 3 N–H and O–H groups in total. The molecule has 1 heterocycles. The monoisotopic (exact) mass is 341 g/mol. The lowest BCUT2D eigenvalue weighted by Gasteiger charge is -2.07. The number of imidazole rings is 1. The second kappa shape index (κ2) is 6.76. The molecule has 0 aliphatic heterocycles. The number of aryl methyl sites for hydroxylation is 1. The van der Waals surface area contributed by atoms with Crippen molar-refractivity contribution in [2.24, 2.45) is 0 Å². The Morgan fingerprint density at radius 1 is 1.25 bits per heavy atom. The summed E-state index contributed by atoms with van der Waals surface area (Å²) in [6.07, 6.45) is 0. The van der Waals surface area contributed by atoms with Gasteiger partial charge in [0.2, 0.25) is 5.91 Å². The van der Waals surface area contributed by atoms with Crippen LogP contribution in [0.2, 0.25) is 0 Å². The van der Waals surface area contributed by atoms with Crippen molar-refractivity contribution in [3.05, 3.63) is 53.6 Å². The fourth-order valence-corrected chi connectivity index (χ4v) is 2.95. The highest BCUT2D eigenvalue weighted by atomic mass is 32.2. The van der Waals surface area contributed by atoms with Gasteiger partial charge in [-0.15, -0.1) is 0 Å². The maximum atomic E-state index is 12.1. The summed E-state index contributed by atoms with van der Waals surface area (Å²) < 4.78 is 0. The van der Waals surface area contributed by atoms with Gasteiger partial charge in [0.05, 0.1) is 28.0 Å².